The Morgan fingerprint density at radius 1 is 1.09 bits per heavy atom. The molecule has 0 aromatic heterocycles. The van der Waals surface area contributed by atoms with E-state index in [1.54, 1.807) is 0 Å². The molecule has 0 aliphatic heterocycles. The second kappa shape index (κ2) is 7.49. The highest BCUT2D eigenvalue weighted by Crippen LogP contribution is 2.31. The fraction of sp³-hybridized carbons (Fsp3) is 0.450. The summed E-state index contributed by atoms with van der Waals surface area (Å²) >= 11 is 0. The average molecular weight is 309 g/mol. The van der Waals surface area contributed by atoms with Crippen molar-refractivity contribution in [1.82, 2.24) is 10.3 Å². The maximum absolute atomic E-state index is 4.62. The molecule has 1 fully saturated rings. The molecule has 0 radical (unpaired) electrons. The molecule has 3 rings (SSSR count). The molecule has 0 amide bonds. The van der Waals surface area contributed by atoms with Crippen molar-refractivity contribution < 1.29 is 0 Å². The lowest BCUT2D eigenvalue weighted by Crippen LogP contribution is -2.14. The molecule has 23 heavy (non-hydrogen) atoms. The molecule has 1 saturated carbocycles. The number of nitrogens with zero attached hydrogens (tertiary/aromatic N) is 2. The molecule has 0 spiro atoms. The lowest BCUT2D eigenvalue weighted by atomic mass is 9.97. The van der Waals surface area contributed by atoms with Gasteiger partial charge >= 0.3 is 0 Å². The van der Waals surface area contributed by atoms with E-state index < -0.39 is 0 Å². The Morgan fingerprint density at radius 3 is 2.65 bits per heavy atom. The fourth-order valence-corrected chi connectivity index (χ4v) is 3.44. The molecule has 0 unspecified atom stereocenters. The van der Waals surface area contributed by atoms with E-state index in [1.807, 2.05) is 0 Å². The van der Waals surface area contributed by atoms with Crippen molar-refractivity contribution in [2.24, 2.45) is 5.10 Å². The minimum atomic E-state index is 0.796. The zero-order valence-electron chi connectivity index (χ0n) is 14.3. The first-order chi connectivity index (χ1) is 11.3. The van der Waals surface area contributed by atoms with Gasteiger partial charge in [-0.3, -0.25) is 0 Å². The van der Waals surface area contributed by atoms with E-state index in [2.05, 4.69) is 65.9 Å². The number of hydrazone groups is 1. The van der Waals surface area contributed by atoms with E-state index >= 15 is 0 Å². The topological polar surface area (TPSA) is 27.6 Å². The van der Waals surface area contributed by atoms with Gasteiger partial charge in [0.25, 0.3) is 0 Å². The van der Waals surface area contributed by atoms with Crippen LogP contribution in [0.1, 0.15) is 49.7 Å². The molecule has 2 aliphatic rings. The first-order valence-electron chi connectivity index (χ1n) is 8.69. The molecule has 1 aromatic rings. The summed E-state index contributed by atoms with van der Waals surface area (Å²) in [4.78, 5) is 2.20. The summed E-state index contributed by atoms with van der Waals surface area (Å²) in [6, 6.07) is 8.69. The van der Waals surface area contributed by atoms with Crippen LogP contribution < -0.4 is 5.43 Å². The number of nitrogens with one attached hydrogen (secondary N) is 1. The van der Waals surface area contributed by atoms with Gasteiger partial charge in [0.1, 0.15) is 0 Å². The van der Waals surface area contributed by atoms with Crippen LogP contribution in [-0.2, 0) is 6.54 Å². The largest absolute Gasteiger partial charge is 0.377 e. The fourth-order valence-electron chi connectivity index (χ4n) is 3.44. The zero-order chi connectivity index (χ0) is 16.1. The first kappa shape index (κ1) is 15.9. The molecule has 0 bridgehead atoms. The Bertz CT molecular complexity index is 630. The molecule has 1 N–H and O–H groups in total. The second-order valence-corrected chi connectivity index (χ2v) is 6.60. The Kier molecular flexibility index (Phi) is 5.16. The minimum absolute atomic E-state index is 0.796. The molecule has 1 aromatic carbocycles. The van der Waals surface area contributed by atoms with Crippen LogP contribution in [0.2, 0.25) is 0 Å². The molecular formula is C20H27N3. The summed E-state index contributed by atoms with van der Waals surface area (Å²) in [5, 5.41) is 4.62. The van der Waals surface area contributed by atoms with Crippen molar-refractivity contribution in [3.63, 3.8) is 0 Å². The van der Waals surface area contributed by atoms with Crippen molar-refractivity contribution in [1.29, 1.82) is 0 Å². The third-order valence-electron chi connectivity index (χ3n) is 4.67. The summed E-state index contributed by atoms with van der Waals surface area (Å²) in [6.45, 7) is 0.796. The molecule has 0 heterocycles. The van der Waals surface area contributed by atoms with Crippen LogP contribution in [0, 0.1) is 0 Å². The van der Waals surface area contributed by atoms with Gasteiger partial charge in [-0.15, -0.1) is 0 Å². The highest BCUT2D eigenvalue weighted by molar-refractivity contribution is 5.84. The van der Waals surface area contributed by atoms with Gasteiger partial charge in [-0.25, -0.2) is 0 Å². The Morgan fingerprint density at radius 2 is 1.87 bits per heavy atom. The summed E-state index contributed by atoms with van der Waals surface area (Å²) in [6.07, 6.45) is 11.8. The van der Waals surface area contributed by atoms with Crippen LogP contribution in [0.25, 0.3) is 5.57 Å². The van der Waals surface area contributed by atoms with Crippen LogP contribution in [0.15, 0.2) is 47.2 Å². The van der Waals surface area contributed by atoms with E-state index in [0.29, 0.717) is 0 Å². The van der Waals surface area contributed by atoms with E-state index in [1.165, 1.54) is 47.4 Å². The van der Waals surface area contributed by atoms with E-state index in [4.69, 9.17) is 0 Å². The van der Waals surface area contributed by atoms with Gasteiger partial charge in [-0.2, -0.15) is 5.10 Å². The third-order valence-corrected chi connectivity index (χ3v) is 4.67. The van der Waals surface area contributed by atoms with Gasteiger partial charge in [0.15, 0.2) is 0 Å². The molecule has 2 aliphatic carbocycles. The average Bonchev–Trinajstić information content (AvgIpc) is 3.06. The van der Waals surface area contributed by atoms with Gasteiger partial charge in [0, 0.05) is 25.5 Å². The maximum atomic E-state index is 4.62. The number of hydrogen-bond acceptors (Lipinski definition) is 3. The number of likely N-dealkylation sites (N-methyl/N-ethyl adjacent to an activating group) is 1. The first-order valence-corrected chi connectivity index (χ1v) is 8.69. The minimum Gasteiger partial charge on any atom is -0.377 e. The molecule has 3 nitrogen and oxygen atoms in total. The summed E-state index contributed by atoms with van der Waals surface area (Å²) in [5.41, 5.74) is 10.0. The van der Waals surface area contributed by atoms with Crippen LogP contribution in [0.4, 0.5) is 0 Å². The van der Waals surface area contributed by atoms with Crippen LogP contribution >= 0.6 is 0 Å². The SMILES string of the molecule is CN(C)C1=C(c2ccccc2CNN=C2CCCCC2)CC=C1. The van der Waals surface area contributed by atoms with Crippen molar-refractivity contribution in [3.05, 3.63) is 53.2 Å². The molecular weight excluding hydrogens is 282 g/mol. The number of benzene rings is 1. The van der Waals surface area contributed by atoms with Gasteiger partial charge in [-0.05, 0) is 54.9 Å². The predicted octanol–water partition coefficient (Wildman–Crippen LogP) is 4.33. The van der Waals surface area contributed by atoms with E-state index in [0.717, 1.165) is 25.8 Å². The van der Waals surface area contributed by atoms with Crippen LogP contribution in [0.3, 0.4) is 0 Å². The molecule has 3 heteroatoms. The summed E-state index contributed by atoms with van der Waals surface area (Å²) in [7, 11) is 4.22. The molecule has 122 valence electrons. The van der Waals surface area contributed by atoms with Crippen LogP contribution in [-0.4, -0.2) is 24.7 Å². The lowest BCUT2D eigenvalue weighted by molar-refractivity contribution is 0.533. The number of rotatable bonds is 5. The lowest BCUT2D eigenvalue weighted by Gasteiger charge is -2.18. The van der Waals surface area contributed by atoms with Gasteiger partial charge in [0.2, 0.25) is 0 Å². The Balaban J connectivity index is 1.75. The Hall–Kier alpha value is -2.03. The number of hydrogen-bond donors (Lipinski definition) is 1. The van der Waals surface area contributed by atoms with Crippen molar-refractivity contribution in [2.45, 2.75) is 45.1 Å². The second-order valence-electron chi connectivity index (χ2n) is 6.60. The van der Waals surface area contributed by atoms with E-state index in [-0.39, 0.29) is 0 Å². The van der Waals surface area contributed by atoms with Gasteiger partial charge in [0.05, 0.1) is 6.54 Å². The standard InChI is InChI=1S/C20H27N3/c1-23(2)20-14-8-13-19(20)18-12-7-6-9-16(18)15-21-22-17-10-4-3-5-11-17/h6-9,12,14,21H,3-5,10-11,13,15H2,1-2H3. The third kappa shape index (κ3) is 3.84. The number of allylic oxidation sites excluding steroid dienone is 3. The van der Waals surface area contributed by atoms with Crippen molar-refractivity contribution >= 4 is 11.3 Å². The summed E-state index contributed by atoms with van der Waals surface area (Å²) in [5.74, 6) is 0. The summed E-state index contributed by atoms with van der Waals surface area (Å²) < 4.78 is 0. The highest BCUT2D eigenvalue weighted by atomic mass is 15.3. The Labute approximate surface area is 139 Å². The predicted molar refractivity (Wildman–Crippen MR) is 98.2 cm³/mol. The quantitative estimate of drug-likeness (QED) is 0.820. The monoisotopic (exact) mass is 309 g/mol. The van der Waals surface area contributed by atoms with Crippen LogP contribution in [0.5, 0.6) is 0 Å². The highest BCUT2D eigenvalue weighted by Gasteiger charge is 2.15. The van der Waals surface area contributed by atoms with Crippen molar-refractivity contribution in [3.8, 4) is 0 Å². The van der Waals surface area contributed by atoms with E-state index in [9.17, 15) is 0 Å². The molecule has 0 saturated heterocycles. The van der Waals surface area contributed by atoms with Crippen molar-refractivity contribution in [2.75, 3.05) is 14.1 Å². The van der Waals surface area contributed by atoms with Gasteiger partial charge < -0.3 is 10.3 Å². The smallest absolute Gasteiger partial charge is 0.0585 e. The maximum Gasteiger partial charge on any atom is 0.0585 e. The molecule has 0 atom stereocenters. The van der Waals surface area contributed by atoms with Gasteiger partial charge in [-0.1, -0.05) is 36.8 Å². The zero-order valence-corrected chi connectivity index (χ0v) is 14.3. The normalized spacial score (nSPS) is 17.6.